The summed E-state index contributed by atoms with van der Waals surface area (Å²) in [6, 6.07) is -1.12. The van der Waals surface area contributed by atoms with E-state index in [1.807, 2.05) is 0 Å². The van der Waals surface area contributed by atoms with E-state index in [4.69, 9.17) is 10.5 Å². The van der Waals surface area contributed by atoms with Crippen LogP contribution in [0, 0.1) is 5.41 Å². The zero-order valence-electron chi connectivity index (χ0n) is 10.3. The Morgan fingerprint density at radius 3 is 2.83 bits per heavy atom. The molecule has 2 fully saturated rings. The number of rotatable bonds is 2. The molecule has 1 amide bonds. The summed E-state index contributed by atoms with van der Waals surface area (Å²) in [5.41, 5.74) is 5.12. The molecule has 2 aliphatic heterocycles. The number of nitrogens with zero attached hydrogens (tertiary/aromatic N) is 1. The molecular formula is C11H18N2O4S. The van der Waals surface area contributed by atoms with Gasteiger partial charge in [0.15, 0.2) is 0 Å². The van der Waals surface area contributed by atoms with E-state index in [9.17, 15) is 14.7 Å². The van der Waals surface area contributed by atoms with Crippen LogP contribution in [0.25, 0.3) is 0 Å². The number of hydrogen-bond donors (Lipinski definition) is 2. The topological polar surface area (TPSA) is 92.9 Å². The van der Waals surface area contributed by atoms with E-state index in [0.29, 0.717) is 18.9 Å². The van der Waals surface area contributed by atoms with Gasteiger partial charge in [-0.2, -0.15) is 11.8 Å². The minimum absolute atomic E-state index is 0.194. The van der Waals surface area contributed by atoms with Gasteiger partial charge in [0.1, 0.15) is 6.04 Å². The molecule has 6 nitrogen and oxygen atoms in total. The molecule has 2 rings (SSSR count). The zero-order valence-corrected chi connectivity index (χ0v) is 11.1. The van der Waals surface area contributed by atoms with Gasteiger partial charge in [-0.3, -0.25) is 4.79 Å². The normalized spacial score (nSPS) is 36.7. The maximum absolute atomic E-state index is 12.5. The first-order valence-electron chi connectivity index (χ1n) is 5.92. The van der Waals surface area contributed by atoms with Crippen LogP contribution in [0.5, 0.6) is 0 Å². The Kier molecular flexibility index (Phi) is 3.84. The van der Waals surface area contributed by atoms with Crippen molar-refractivity contribution in [3.05, 3.63) is 0 Å². The largest absolute Gasteiger partial charge is 0.480 e. The molecule has 0 radical (unpaired) electrons. The lowest BCUT2D eigenvalue weighted by Gasteiger charge is -2.38. The molecule has 0 aromatic rings. The Hall–Kier alpha value is -0.790. The summed E-state index contributed by atoms with van der Waals surface area (Å²) in [5.74, 6) is 0.0569. The number of aliphatic carboxylic acids is 1. The van der Waals surface area contributed by atoms with Gasteiger partial charge in [-0.1, -0.05) is 0 Å². The number of carboxylic acid groups (broad SMARTS) is 1. The highest BCUT2D eigenvalue weighted by atomic mass is 32.2. The van der Waals surface area contributed by atoms with Crippen molar-refractivity contribution in [3.8, 4) is 0 Å². The number of thioether (sulfide) groups is 1. The van der Waals surface area contributed by atoms with Gasteiger partial charge in [-0.05, 0) is 6.92 Å². The first-order chi connectivity index (χ1) is 8.47. The summed E-state index contributed by atoms with van der Waals surface area (Å²) in [7, 11) is 0. The molecule has 2 aliphatic rings. The van der Waals surface area contributed by atoms with Crippen LogP contribution in [0.4, 0.5) is 0 Å². The quantitative estimate of drug-likeness (QED) is 0.697. The zero-order chi connectivity index (χ0) is 13.3. The second-order valence-electron chi connectivity index (χ2n) is 4.97. The van der Waals surface area contributed by atoms with Crippen LogP contribution < -0.4 is 5.73 Å². The molecule has 102 valence electrons. The van der Waals surface area contributed by atoms with E-state index in [0.717, 1.165) is 5.75 Å². The van der Waals surface area contributed by atoms with Gasteiger partial charge < -0.3 is 20.5 Å². The first-order valence-corrected chi connectivity index (χ1v) is 7.07. The predicted molar refractivity (Wildman–Crippen MR) is 67.4 cm³/mol. The second-order valence-corrected chi connectivity index (χ2v) is 6.12. The van der Waals surface area contributed by atoms with E-state index in [1.165, 1.54) is 4.90 Å². The second kappa shape index (κ2) is 5.07. The first kappa shape index (κ1) is 13.6. The maximum Gasteiger partial charge on any atom is 0.327 e. The van der Waals surface area contributed by atoms with Crippen LogP contribution in [0.1, 0.15) is 6.92 Å². The third-order valence-corrected chi connectivity index (χ3v) is 4.70. The molecule has 0 saturated carbocycles. The Balaban J connectivity index is 2.18. The summed E-state index contributed by atoms with van der Waals surface area (Å²) < 4.78 is 5.25. The fourth-order valence-corrected chi connectivity index (χ4v) is 3.33. The minimum atomic E-state index is -0.952. The van der Waals surface area contributed by atoms with Crippen LogP contribution in [0.2, 0.25) is 0 Å². The molecule has 0 aromatic carbocycles. The third-order valence-electron chi connectivity index (χ3n) is 3.68. The highest BCUT2D eigenvalue weighted by Gasteiger charge is 2.49. The van der Waals surface area contributed by atoms with E-state index < -0.39 is 17.4 Å². The molecule has 0 aliphatic carbocycles. The van der Waals surface area contributed by atoms with E-state index in [-0.39, 0.29) is 18.6 Å². The summed E-state index contributed by atoms with van der Waals surface area (Å²) in [5, 5.41) is 9.18. The summed E-state index contributed by atoms with van der Waals surface area (Å²) in [6.07, 6.45) is 0. The smallest absolute Gasteiger partial charge is 0.327 e. The minimum Gasteiger partial charge on any atom is -0.480 e. The lowest BCUT2D eigenvalue weighted by atomic mass is 9.84. The summed E-state index contributed by atoms with van der Waals surface area (Å²) >= 11 is 1.56. The number of amides is 1. The lowest BCUT2D eigenvalue weighted by molar-refractivity contribution is -0.154. The number of nitrogens with two attached hydrogens (primary N) is 1. The molecule has 2 saturated heterocycles. The van der Waals surface area contributed by atoms with Gasteiger partial charge in [0.25, 0.3) is 0 Å². The van der Waals surface area contributed by atoms with Crippen molar-refractivity contribution >= 4 is 23.6 Å². The van der Waals surface area contributed by atoms with Crippen LogP contribution in [0.15, 0.2) is 0 Å². The monoisotopic (exact) mass is 274 g/mol. The fourth-order valence-electron chi connectivity index (χ4n) is 2.29. The highest BCUT2D eigenvalue weighted by molar-refractivity contribution is 7.99. The summed E-state index contributed by atoms with van der Waals surface area (Å²) in [4.78, 5) is 25.2. The van der Waals surface area contributed by atoms with Crippen molar-refractivity contribution in [2.24, 2.45) is 11.1 Å². The Bertz CT molecular complexity index is 365. The Labute approximate surface area is 110 Å². The summed E-state index contributed by atoms with van der Waals surface area (Å²) in [6.45, 7) is 2.84. The van der Waals surface area contributed by atoms with Crippen molar-refractivity contribution in [2.75, 3.05) is 31.3 Å². The van der Waals surface area contributed by atoms with Crippen LogP contribution in [-0.2, 0) is 14.3 Å². The van der Waals surface area contributed by atoms with Gasteiger partial charge in [0, 0.05) is 24.1 Å². The van der Waals surface area contributed by atoms with Crippen molar-refractivity contribution < 1.29 is 19.4 Å². The van der Waals surface area contributed by atoms with Crippen LogP contribution in [-0.4, -0.2) is 65.2 Å². The number of carboxylic acids is 1. The average Bonchev–Trinajstić information content (AvgIpc) is 2.70. The van der Waals surface area contributed by atoms with Gasteiger partial charge in [0.05, 0.1) is 18.6 Å². The molecule has 0 aromatic heterocycles. The average molecular weight is 274 g/mol. The van der Waals surface area contributed by atoms with Crippen molar-refractivity contribution in [2.45, 2.75) is 19.0 Å². The Morgan fingerprint density at radius 2 is 2.28 bits per heavy atom. The van der Waals surface area contributed by atoms with Crippen LogP contribution in [0.3, 0.4) is 0 Å². The van der Waals surface area contributed by atoms with Gasteiger partial charge >= 0.3 is 5.97 Å². The number of hydrogen-bond acceptors (Lipinski definition) is 5. The van der Waals surface area contributed by atoms with Gasteiger partial charge in [-0.25, -0.2) is 4.79 Å². The molecule has 3 atom stereocenters. The maximum atomic E-state index is 12.5. The number of carbonyl (C=O) groups is 2. The molecule has 18 heavy (non-hydrogen) atoms. The van der Waals surface area contributed by atoms with E-state index in [2.05, 4.69) is 0 Å². The predicted octanol–water partition coefficient (Wildman–Crippen LogP) is -0.621. The molecule has 0 bridgehead atoms. The molecule has 3 N–H and O–H groups in total. The molecule has 2 heterocycles. The third kappa shape index (κ3) is 2.22. The standard InChI is InChI=1S/C11H18N2O4S/c1-11(6-17-4-8(11)12)10(16)13-2-3-18-5-7(13)9(14)15/h7-8H,2-6,12H2,1H3,(H,14,15). The lowest BCUT2D eigenvalue weighted by Crippen LogP contribution is -2.58. The van der Waals surface area contributed by atoms with E-state index >= 15 is 0 Å². The number of carbonyl (C=O) groups excluding carboxylic acids is 1. The Morgan fingerprint density at radius 1 is 1.56 bits per heavy atom. The van der Waals surface area contributed by atoms with Crippen molar-refractivity contribution in [1.82, 2.24) is 4.90 Å². The van der Waals surface area contributed by atoms with Gasteiger partial charge in [-0.15, -0.1) is 0 Å². The van der Waals surface area contributed by atoms with Gasteiger partial charge in [0.2, 0.25) is 5.91 Å². The fraction of sp³-hybridized carbons (Fsp3) is 0.818. The van der Waals surface area contributed by atoms with Crippen molar-refractivity contribution in [1.29, 1.82) is 0 Å². The molecule has 0 spiro atoms. The number of ether oxygens (including phenoxy) is 1. The van der Waals surface area contributed by atoms with E-state index in [1.54, 1.807) is 18.7 Å². The molecule has 3 unspecified atom stereocenters. The van der Waals surface area contributed by atoms with Crippen LogP contribution >= 0.6 is 11.8 Å². The highest BCUT2D eigenvalue weighted by Crippen LogP contribution is 2.31. The van der Waals surface area contributed by atoms with Crippen molar-refractivity contribution in [3.63, 3.8) is 0 Å². The molecule has 7 heteroatoms. The molecular weight excluding hydrogens is 256 g/mol. The SMILES string of the molecule is CC1(C(=O)N2CCSCC2C(=O)O)COCC1N.